The molecule has 4 aliphatic rings. The number of amides is 4. The van der Waals surface area contributed by atoms with Crippen LogP contribution in [-0.2, 0) is 19.1 Å². The van der Waals surface area contributed by atoms with Gasteiger partial charge in [-0.05, 0) is 13.3 Å². The molecule has 0 aromatic heterocycles. The molecule has 0 aromatic rings. The van der Waals surface area contributed by atoms with Crippen LogP contribution in [0.4, 0.5) is 4.79 Å². The second kappa shape index (κ2) is 10.7. The van der Waals surface area contributed by atoms with Crippen LogP contribution in [0.2, 0.25) is 0 Å². The molecule has 6 atom stereocenters. The van der Waals surface area contributed by atoms with Crippen molar-refractivity contribution in [2.75, 3.05) is 45.9 Å². The number of urea groups is 1. The molecular formula is C22H33N5O7S. The number of β-lactam (4-membered cyclic amide) rings is 1. The number of hydrogen-bond donors (Lipinski definition) is 5. The zero-order valence-electron chi connectivity index (χ0n) is 19.9. The van der Waals surface area contributed by atoms with Crippen molar-refractivity contribution in [3.05, 3.63) is 10.6 Å². The maximum atomic E-state index is 12.6. The van der Waals surface area contributed by atoms with Crippen molar-refractivity contribution in [2.24, 2.45) is 11.8 Å². The van der Waals surface area contributed by atoms with Crippen molar-refractivity contribution in [1.29, 1.82) is 0 Å². The Bertz CT molecular complexity index is 907. The van der Waals surface area contributed by atoms with Crippen LogP contribution >= 0.6 is 11.8 Å². The SMILES string of the molecule is C[C@@H](O)C1C(=O)N2C(C(=O)O)=C(S[C@@H]3CN[C@H](C(=O)NCCNC(=O)N4CCOCC4)C3)[C@H](C)C12. The van der Waals surface area contributed by atoms with Crippen molar-refractivity contribution in [3.8, 4) is 0 Å². The van der Waals surface area contributed by atoms with Gasteiger partial charge >= 0.3 is 12.0 Å². The maximum Gasteiger partial charge on any atom is 0.353 e. The van der Waals surface area contributed by atoms with Crippen LogP contribution in [0.15, 0.2) is 10.6 Å². The minimum Gasteiger partial charge on any atom is -0.477 e. The lowest BCUT2D eigenvalue weighted by molar-refractivity contribution is -0.163. The average Bonchev–Trinajstić information content (AvgIpc) is 3.39. The summed E-state index contributed by atoms with van der Waals surface area (Å²) in [6.07, 6.45) is -0.330. The summed E-state index contributed by atoms with van der Waals surface area (Å²) >= 11 is 1.40. The van der Waals surface area contributed by atoms with E-state index in [2.05, 4.69) is 16.0 Å². The third kappa shape index (κ3) is 5.13. The molecule has 35 heavy (non-hydrogen) atoms. The highest BCUT2D eigenvalue weighted by atomic mass is 32.2. The van der Waals surface area contributed by atoms with Crippen molar-refractivity contribution < 1.29 is 34.1 Å². The predicted octanol–water partition coefficient (Wildman–Crippen LogP) is -1.24. The minimum absolute atomic E-state index is 0.00156. The Kier molecular flexibility index (Phi) is 7.89. The number of hydrogen-bond acceptors (Lipinski definition) is 8. The number of carboxylic acid groups (broad SMARTS) is 1. The summed E-state index contributed by atoms with van der Waals surface area (Å²) in [4.78, 5) is 52.7. The number of ether oxygens (including phenoxy) is 1. The molecule has 0 aliphatic carbocycles. The molecule has 4 aliphatic heterocycles. The monoisotopic (exact) mass is 511 g/mol. The number of thioether (sulfide) groups is 1. The number of aliphatic hydroxyl groups is 1. The second-order valence-electron chi connectivity index (χ2n) is 9.33. The summed E-state index contributed by atoms with van der Waals surface area (Å²) < 4.78 is 5.22. The highest BCUT2D eigenvalue weighted by molar-refractivity contribution is 8.03. The highest BCUT2D eigenvalue weighted by Gasteiger charge is 2.60. The van der Waals surface area contributed by atoms with E-state index in [-0.39, 0.29) is 40.8 Å². The molecule has 5 N–H and O–H groups in total. The van der Waals surface area contributed by atoms with Crippen LogP contribution in [0.3, 0.4) is 0 Å². The molecule has 0 saturated carbocycles. The van der Waals surface area contributed by atoms with Gasteiger partial charge in [-0.15, -0.1) is 11.8 Å². The van der Waals surface area contributed by atoms with Gasteiger partial charge in [0.2, 0.25) is 11.8 Å². The lowest BCUT2D eigenvalue weighted by Crippen LogP contribution is -2.63. The van der Waals surface area contributed by atoms with Gasteiger partial charge in [-0.3, -0.25) is 9.59 Å². The van der Waals surface area contributed by atoms with E-state index in [1.165, 1.54) is 16.7 Å². The van der Waals surface area contributed by atoms with Gasteiger partial charge in [-0.25, -0.2) is 9.59 Å². The van der Waals surface area contributed by atoms with E-state index in [9.17, 15) is 29.4 Å². The fourth-order valence-corrected chi connectivity index (χ4v) is 6.69. The Morgan fingerprint density at radius 2 is 1.91 bits per heavy atom. The summed E-state index contributed by atoms with van der Waals surface area (Å²) in [7, 11) is 0. The fraction of sp³-hybridized carbons (Fsp3) is 0.727. The molecule has 0 radical (unpaired) electrons. The van der Waals surface area contributed by atoms with Gasteiger partial charge < -0.3 is 40.7 Å². The molecule has 13 heteroatoms. The maximum absolute atomic E-state index is 12.6. The molecule has 0 spiro atoms. The van der Waals surface area contributed by atoms with Crippen molar-refractivity contribution in [3.63, 3.8) is 0 Å². The quantitative estimate of drug-likeness (QED) is 0.198. The highest BCUT2D eigenvalue weighted by Crippen LogP contribution is 2.51. The number of aliphatic carboxylic acids is 1. The fourth-order valence-electron chi connectivity index (χ4n) is 5.21. The predicted molar refractivity (Wildman–Crippen MR) is 126 cm³/mol. The number of fused-ring (bicyclic) bond motifs is 1. The first-order chi connectivity index (χ1) is 16.7. The Hall–Kier alpha value is -2.35. The van der Waals surface area contributed by atoms with Gasteiger partial charge in [0.15, 0.2) is 0 Å². The molecule has 0 aromatic carbocycles. The molecule has 12 nitrogen and oxygen atoms in total. The molecule has 3 saturated heterocycles. The third-order valence-electron chi connectivity index (χ3n) is 7.01. The molecule has 2 unspecified atom stereocenters. The largest absolute Gasteiger partial charge is 0.477 e. The Morgan fingerprint density at radius 3 is 2.57 bits per heavy atom. The number of aliphatic hydroxyl groups excluding tert-OH is 1. The normalized spacial score (nSPS) is 31.2. The first-order valence-corrected chi connectivity index (χ1v) is 12.9. The van der Waals surface area contributed by atoms with Gasteiger partial charge in [0.25, 0.3) is 0 Å². The van der Waals surface area contributed by atoms with Gasteiger partial charge in [0.05, 0.1) is 37.3 Å². The summed E-state index contributed by atoms with van der Waals surface area (Å²) in [5.41, 5.74) is -0.00156. The number of rotatable bonds is 8. The lowest BCUT2D eigenvalue weighted by atomic mass is 9.79. The number of carbonyl (C=O) groups excluding carboxylic acids is 3. The van der Waals surface area contributed by atoms with E-state index in [4.69, 9.17) is 4.74 Å². The van der Waals surface area contributed by atoms with E-state index < -0.39 is 24.0 Å². The lowest BCUT2D eigenvalue weighted by Gasteiger charge is -2.46. The molecule has 4 amide bonds. The standard InChI is InChI=1S/C22H33N5O7S/c1-11-16-15(12(2)28)20(30)27(16)17(21(31)32)18(11)35-13-9-14(25-10-13)19(29)23-3-4-24-22(33)26-5-7-34-8-6-26/h11-16,25,28H,3-10H2,1-2H3,(H,23,29)(H,24,33)(H,31,32)/t11-,12-,13+,14+,15?,16?/m1/s1. The van der Waals surface area contributed by atoms with Crippen molar-refractivity contribution in [2.45, 2.75) is 43.7 Å². The Labute approximate surface area is 207 Å². The second-order valence-corrected chi connectivity index (χ2v) is 10.7. The summed E-state index contributed by atoms with van der Waals surface area (Å²) in [5.74, 6) is -2.48. The van der Waals surface area contributed by atoms with Gasteiger partial charge in [0, 0.05) is 48.8 Å². The molecule has 0 bridgehead atoms. The van der Waals surface area contributed by atoms with Crippen LogP contribution in [0.1, 0.15) is 20.3 Å². The Balaban J connectivity index is 1.25. The van der Waals surface area contributed by atoms with E-state index in [0.717, 1.165) is 0 Å². The summed E-state index contributed by atoms with van der Waals surface area (Å²) in [6, 6.07) is -0.943. The van der Waals surface area contributed by atoms with Crippen LogP contribution in [-0.4, -0.2) is 113 Å². The number of morpholine rings is 1. The van der Waals surface area contributed by atoms with E-state index in [1.807, 2.05) is 6.92 Å². The van der Waals surface area contributed by atoms with E-state index in [0.29, 0.717) is 57.3 Å². The average molecular weight is 512 g/mol. The summed E-state index contributed by atoms with van der Waals surface area (Å²) in [6.45, 7) is 6.73. The molecular weight excluding hydrogens is 478 g/mol. The van der Waals surface area contributed by atoms with E-state index >= 15 is 0 Å². The first kappa shape index (κ1) is 25.7. The van der Waals surface area contributed by atoms with Crippen molar-refractivity contribution >= 4 is 35.6 Å². The van der Waals surface area contributed by atoms with Crippen LogP contribution in [0.25, 0.3) is 0 Å². The minimum atomic E-state index is -1.15. The van der Waals surface area contributed by atoms with Gasteiger partial charge in [-0.2, -0.15) is 0 Å². The number of nitrogens with zero attached hydrogens (tertiary/aromatic N) is 2. The summed E-state index contributed by atoms with van der Waals surface area (Å²) in [5, 5.41) is 28.5. The first-order valence-electron chi connectivity index (χ1n) is 12.0. The van der Waals surface area contributed by atoms with Crippen LogP contribution in [0.5, 0.6) is 0 Å². The zero-order valence-corrected chi connectivity index (χ0v) is 20.7. The van der Waals surface area contributed by atoms with Gasteiger partial charge in [0.1, 0.15) is 5.70 Å². The number of nitrogens with one attached hydrogen (secondary N) is 3. The van der Waals surface area contributed by atoms with Crippen molar-refractivity contribution in [1.82, 2.24) is 25.8 Å². The number of carbonyl (C=O) groups is 4. The zero-order chi connectivity index (χ0) is 25.3. The van der Waals surface area contributed by atoms with Crippen LogP contribution < -0.4 is 16.0 Å². The number of carboxylic acids is 1. The Morgan fingerprint density at radius 1 is 1.23 bits per heavy atom. The molecule has 3 fully saturated rings. The smallest absolute Gasteiger partial charge is 0.353 e. The van der Waals surface area contributed by atoms with Crippen LogP contribution in [0, 0.1) is 11.8 Å². The third-order valence-corrected chi connectivity index (χ3v) is 8.52. The van der Waals surface area contributed by atoms with E-state index in [1.54, 1.807) is 11.8 Å². The topological polar surface area (TPSA) is 161 Å². The van der Waals surface area contributed by atoms with Gasteiger partial charge in [-0.1, -0.05) is 6.92 Å². The molecule has 4 heterocycles. The molecule has 4 rings (SSSR count). The molecule has 194 valence electrons.